The van der Waals surface area contributed by atoms with Crippen LogP contribution in [0.3, 0.4) is 0 Å². The van der Waals surface area contributed by atoms with E-state index in [-0.39, 0.29) is 15.4 Å². The summed E-state index contributed by atoms with van der Waals surface area (Å²) in [5.74, 6) is -0.348. The average molecular weight is 316 g/mol. The van der Waals surface area contributed by atoms with Gasteiger partial charge in [0.1, 0.15) is 0 Å². The molecular weight excluding hydrogens is 306 g/mol. The van der Waals surface area contributed by atoms with Gasteiger partial charge in [-0.3, -0.25) is 0 Å². The second-order valence-corrected chi connectivity index (χ2v) is 8.92. The summed E-state index contributed by atoms with van der Waals surface area (Å²) in [5.41, 5.74) is 0.0515. The fraction of sp³-hybridized carbons (Fsp3) is 0.571. The average Bonchev–Trinajstić information content (AvgIpc) is 2.23. The molecule has 86 valence electrons. The Labute approximate surface area is 97.2 Å². The Hall–Kier alpha value is -0.210. The zero-order chi connectivity index (χ0) is 11.9. The summed E-state index contributed by atoms with van der Waals surface area (Å²) in [4.78, 5) is 3.64. The third-order valence-corrected chi connectivity index (χ3v) is 6.63. The molecule has 1 aliphatic heterocycles. The molecule has 0 amide bonds. The monoisotopic (exact) mass is 315 g/mol. The van der Waals surface area contributed by atoms with Crippen molar-refractivity contribution >= 4 is 39.6 Å². The minimum absolute atomic E-state index is 0.0515. The molecule has 0 atom stereocenters. The highest BCUT2D eigenvalue weighted by atomic mass is 79.9. The minimum Gasteiger partial charge on any atom is -0.232 e. The predicted octanol–water partition coefficient (Wildman–Crippen LogP) is 0.830. The van der Waals surface area contributed by atoms with Gasteiger partial charge in [0.05, 0.1) is 22.1 Å². The summed E-state index contributed by atoms with van der Waals surface area (Å²) >= 11 is 2.76. The first-order chi connectivity index (χ1) is 6.65. The Kier molecular flexibility index (Phi) is 3.42. The minimum atomic E-state index is -3.53. The maximum absolute atomic E-state index is 11.5. The first-order valence-electron chi connectivity index (χ1n) is 4.06. The molecule has 1 heterocycles. The highest BCUT2D eigenvalue weighted by Crippen LogP contribution is 2.20. The molecule has 0 unspecified atom stereocenters. The Morgan fingerprint density at radius 2 is 2.00 bits per heavy atom. The van der Waals surface area contributed by atoms with Gasteiger partial charge in [-0.05, 0) is 29.8 Å². The molecule has 0 fully saturated rings. The molecule has 0 radical (unpaired) electrons. The van der Waals surface area contributed by atoms with Crippen molar-refractivity contribution in [2.45, 2.75) is 19.1 Å². The second kappa shape index (κ2) is 3.99. The molecule has 0 bridgehead atoms. The largest absolute Gasteiger partial charge is 0.232 e. The van der Waals surface area contributed by atoms with Crippen molar-refractivity contribution in [1.82, 2.24) is 0 Å². The van der Waals surface area contributed by atoms with Crippen LogP contribution in [0.1, 0.15) is 13.8 Å². The smallest absolute Gasteiger partial charge is 0.225 e. The summed E-state index contributed by atoms with van der Waals surface area (Å²) in [7, 11) is -6.85. The van der Waals surface area contributed by atoms with Gasteiger partial charge in [-0.25, -0.2) is 21.8 Å². The summed E-state index contributed by atoms with van der Waals surface area (Å²) in [6.45, 7) is 3.08. The van der Waals surface area contributed by atoms with E-state index < -0.39 is 24.9 Å². The Morgan fingerprint density at radius 3 is 2.33 bits per heavy atom. The van der Waals surface area contributed by atoms with Crippen LogP contribution in [0.15, 0.2) is 16.1 Å². The van der Waals surface area contributed by atoms with Crippen LogP contribution in [0.5, 0.6) is 0 Å². The molecule has 0 aromatic carbocycles. The van der Waals surface area contributed by atoms with E-state index in [2.05, 4.69) is 20.9 Å². The molecular formula is C7H10BrNO4S2. The summed E-state index contributed by atoms with van der Waals surface area (Å²) < 4.78 is 45.1. The lowest BCUT2D eigenvalue weighted by Gasteiger charge is -2.05. The Morgan fingerprint density at radius 1 is 1.47 bits per heavy atom. The molecule has 0 saturated heterocycles. The summed E-state index contributed by atoms with van der Waals surface area (Å²) in [5, 5.41) is 0.326. The first kappa shape index (κ1) is 12.9. The normalized spacial score (nSPS) is 20.3. The van der Waals surface area contributed by atoms with Crippen molar-refractivity contribution in [2.75, 3.05) is 5.75 Å². The topological polar surface area (TPSA) is 80.6 Å². The van der Waals surface area contributed by atoms with Crippen molar-refractivity contribution in [3.8, 4) is 0 Å². The van der Waals surface area contributed by atoms with Crippen LogP contribution < -0.4 is 0 Å². The number of hydrogen-bond donors (Lipinski definition) is 0. The van der Waals surface area contributed by atoms with E-state index >= 15 is 0 Å². The number of aliphatic imine (C=N–C) groups is 1. The third kappa shape index (κ3) is 2.88. The van der Waals surface area contributed by atoms with E-state index in [9.17, 15) is 16.8 Å². The Bertz CT molecular complexity index is 527. The Balaban J connectivity index is 3.00. The van der Waals surface area contributed by atoms with E-state index in [1.165, 1.54) is 13.8 Å². The van der Waals surface area contributed by atoms with Crippen LogP contribution in [-0.4, -0.2) is 31.8 Å². The highest BCUT2D eigenvalue weighted by molar-refractivity contribution is 9.21. The number of nitrogens with zero attached hydrogens (tertiary/aromatic N) is 1. The fourth-order valence-corrected chi connectivity index (χ4v) is 3.21. The molecule has 0 aliphatic carbocycles. The van der Waals surface area contributed by atoms with Gasteiger partial charge in [-0.2, -0.15) is 0 Å². The number of sulfone groups is 2. The summed E-state index contributed by atoms with van der Waals surface area (Å²) in [6, 6.07) is 0. The van der Waals surface area contributed by atoms with Gasteiger partial charge in [-0.1, -0.05) is 0 Å². The van der Waals surface area contributed by atoms with Gasteiger partial charge in [0.15, 0.2) is 9.84 Å². The first-order valence-corrected chi connectivity index (χ1v) is 8.12. The van der Waals surface area contributed by atoms with E-state index in [0.29, 0.717) is 0 Å². The predicted molar refractivity (Wildman–Crippen MR) is 62.3 cm³/mol. The quantitative estimate of drug-likeness (QED) is 0.772. The molecule has 5 nitrogen and oxygen atoms in total. The molecule has 1 rings (SSSR count). The van der Waals surface area contributed by atoms with E-state index in [1.807, 2.05) is 0 Å². The zero-order valence-corrected chi connectivity index (χ0v) is 11.4. The van der Waals surface area contributed by atoms with Crippen LogP contribution >= 0.6 is 15.9 Å². The third-order valence-electron chi connectivity index (χ3n) is 1.82. The number of halogens is 1. The maximum atomic E-state index is 11.5. The lowest BCUT2D eigenvalue weighted by molar-refractivity contribution is 0.589. The SMILES string of the molecule is CC(C)S(=O)(=O)CC1=CS(=O)(=O)C(Br)=N1. The van der Waals surface area contributed by atoms with Gasteiger partial charge >= 0.3 is 0 Å². The standard InChI is InChI=1S/C7H10BrNO4S2/c1-5(2)14(10,11)3-6-4-15(12,13)7(8)9-6/h4-5H,3H2,1-2H3. The lowest BCUT2D eigenvalue weighted by atomic mass is 10.6. The second-order valence-electron chi connectivity index (χ2n) is 3.37. The van der Waals surface area contributed by atoms with Gasteiger partial charge in [0.25, 0.3) is 0 Å². The van der Waals surface area contributed by atoms with Crippen molar-refractivity contribution in [3.05, 3.63) is 11.1 Å². The van der Waals surface area contributed by atoms with Crippen molar-refractivity contribution in [3.63, 3.8) is 0 Å². The molecule has 0 N–H and O–H groups in total. The van der Waals surface area contributed by atoms with E-state index in [4.69, 9.17) is 0 Å². The van der Waals surface area contributed by atoms with Gasteiger partial charge in [0.2, 0.25) is 13.8 Å². The molecule has 0 spiro atoms. The molecule has 0 aromatic heterocycles. The van der Waals surface area contributed by atoms with Crippen molar-refractivity contribution in [2.24, 2.45) is 4.99 Å². The van der Waals surface area contributed by atoms with Crippen molar-refractivity contribution < 1.29 is 16.8 Å². The van der Waals surface area contributed by atoms with E-state index in [0.717, 1.165) is 5.41 Å². The van der Waals surface area contributed by atoms with E-state index in [1.54, 1.807) is 0 Å². The van der Waals surface area contributed by atoms with Gasteiger partial charge < -0.3 is 0 Å². The zero-order valence-electron chi connectivity index (χ0n) is 8.14. The van der Waals surface area contributed by atoms with Gasteiger partial charge in [-0.15, -0.1) is 0 Å². The molecule has 0 saturated carbocycles. The molecule has 15 heavy (non-hydrogen) atoms. The maximum Gasteiger partial charge on any atom is 0.225 e. The van der Waals surface area contributed by atoms with Gasteiger partial charge in [0, 0.05) is 0 Å². The molecule has 1 aliphatic rings. The lowest BCUT2D eigenvalue weighted by Crippen LogP contribution is -2.18. The van der Waals surface area contributed by atoms with Crippen LogP contribution in [0, 0.1) is 0 Å². The van der Waals surface area contributed by atoms with Crippen LogP contribution in [0.4, 0.5) is 0 Å². The molecule has 8 heteroatoms. The van der Waals surface area contributed by atoms with Crippen molar-refractivity contribution in [1.29, 1.82) is 0 Å². The highest BCUT2D eigenvalue weighted by Gasteiger charge is 2.26. The van der Waals surface area contributed by atoms with Crippen LogP contribution in [0.2, 0.25) is 0 Å². The van der Waals surface area contributed by atoms with Crippen LogP contribution in [0.25, 0.3) is 0 Å². The summed E-state index contributed by atoms with van der Waals surface area (Å²) in [6.07, 6.45) is 0. The fourth-order valence-electron chi connectivity index (χ4n) is 0.870. The number of hydrogen-bond acceptors (Lipinski definition) is 5. The number of rotatable bonds is 3. The molecule has 0 aromatic rings. The van der Waals surface area contributed by atoms with Crippen LogP contribution in [-0.2, 0) is 19.7 Å².